The van der Waals surface area contributed by atoms with Crippen molar-refractivity contribution in [1.29, 1.82) is 0 Å². The van der Waals surface area contributed by atoms with E-state index in [-0.39, 0.29) is 17.0 Å². The number of ether oxygens (including phenoxy) is 3. The highest BCUT2D eigenvalue weighted by atomic mass is 35.5. The summed E-state index contributed by atoms with van der Waals surface area (Å²) in [7, 11) is 0.596. The van der Waals surface area contributed by atoms with Crippen LogP contribution >= 0.6 is 11.6 Å². The molecular weight excluding hydrogens is 468 g/mol. The third-order valence-corrected chi connectivity index (χ3v) is 6.28. The highest BCUT2D eigenvalue weighted by Gasteiger charge is 2.18. The molecule has 2 N–H and O–H groups in total. The summed E-state index contributed by atoms with van der Waals surface area (Å²) in [5.74, 6) is 0.923. The molecule has 10 heteroatoms. The van der Waals surface area contributed by atoms with E-state index < -0.39 is 15.9 Å². The van der Waals surface area contributed by atoms with Crippen molar-refractivity contribution in [3.63, 3.8) is 0 Å². The Morgan fingerprint density at radius 3 is 2.18 bits per heavy atom. The van der Waals surface area contributed by atoms with Gasteiger partial charge in [-0.05, 0) is 54.1 Å². The van der Waals surface area contributed by atoms with Gasteiger partial charge in [0.25, 0.3) is 15.9 Å². The molecule has 3 aromatic rings. The van der Waals surface area contributed by atoms with E-state index in [1.54, 1.807) is 30.3 Å². The van der Waals surface area contributed by atoms with Gasteiger partial charge in [-0.2, -0.15) is 0 Å². The lowest BCUT2D eigenvalue weighted by Crippen LogP contribution is -2.23. The molecule has 0 atom stereocenters. The van der Waals surface area contributed by atoms with Crippen molar-refractivity contribution in [3.8, 4) is 17.2 Å². The van der Waals surface area contributed by atoms with Crippen LogP contribution in [0.15, 0.2) is 65.6 Å². The number of anilines is 1. The summed E-state index contributed by atoms with van der Waals surface area (Å²) in [6.07, 6.45) is 0. The van der Waals surface area contributed by atoms with Crippen LogP contribution in [0.3, 0.4) is 0 Å². The molecule has 3 aromatic carbocycles. The lowest BCUT2D eigenvalue weighted by atomic mass is 10.1. The molecule has 0 unspecified atom stereocenters. The van der Waals surface area contributed by atoms with Crippen LogP contribution in [0.2, 0.25) is 5.02 Å². The predicted molar refractivity (Wildman–Crippen MR) is 126 cm³/mol. The predicted octanol–water partition coefficient (Wildman–Crippen LogP) is 4.10. The van der Waals surface area contributed by atoms with E-state index in [1.165, 1.54) is 51.7 Å². The van der Waals surface area contributed by atoms with Crippen molar-refractivity contribution in [2.45, 2.75) is 11.4 Å². The quantitative estimate of drug-likeness (QED) is 0.468. The van der Waals surface area contributed by atoms with Gasteiger partial charge in [0, 0.05) is 17.1 Å². The SMILES string of the molecule is COc1cc(CNC(=O)c2cccc(S(=O)(=O)Nc3cccc(Cl)c3)c2)cc(OC)c1OC. The Kier molecular flexibility index (Phi) is 7.67. The van der Waals surface area contributed by atoms with Gasteiger partial charge in [0.1, 0.15) is 0 Å². The zero-order valence-electron chi connectivity index (χ0n) is 18.2. The van der Waals surface area contributed by atoms with Crippen molar-refractivity contribution in [3.05, 3.63) is 76.8 Å². The Hall–Kier alpha value is -3.43. The molecule has 0 aliphatic heterocycles. The highest BCUT2D eigenvalue weighted by Crippen LogP contribution is 2.38. The number of rotatable bonds is 9. The van der Waals surface area contributed by atoms with Crippen molar-refractivity contribution < 1.29 is 27.4 Å². The van der Waals surface area contributed by atoms with E-state index in [4.69, 9.17) is 25.8 Å². The number of hydrogen-bond acceptors (Lipinski definition) is 6. The summed E-state index contributed by atoms with van der Waals surface area (Å²) in [5, 5.41) is 3.17. The Labute approximate surface area is 197 Å². The smallest absolute Gasteiger partial charge is 0.261 e. The lowest BCUT2D eigenvalue weighted by molar-refractivity contribution is 0.0950. The number of benzene rings is 3. The van der Waals surface area contributed by atoms with E-state index in [0.29, 0.717) is 33.5 Å². The first kappa shape index (κ1) is 24.2. The van der Waals surface area contributed by atoms with Gasteiger partial charge in [0.2, 0.25) is 5.75 Å². The molecule has 174 valence electrons. The minimum atomic E-state index is -3.91. The Balaban J connectivity index is 1.76. The summed E-state index contributed by atoms with van der Waals surface area (Å²) in [5.41, 5.74) is 1.22. The molecule has 33 heavy (non-hydrogen) atoms. The molecule has 0 spiro atoms. The van der Waals surface area contributed by atoms with Gasteiger partial charge in [-0.3, -0.25) is 9.52 Å². The number of nitrogens with one attached hydrogen (secondary N) is 2. The fraction of sp³-hybridized carbons (Fsp3) is 0.174. The number of halogens is 1. The molecule has 0 saturated heterocycles. The van der Waals surface area contributed by atoms with Gasteiger partial charge in [-0.1, -0.05) is 23.7 Å². The van der Waals surface area contributed by atoms with E-state index in [1.807, 2.05) is 0 Å². The van der Waals surface area contributed by atoms with Crippen molar-refractivity contribution in [1.82, 2.24) is 5.32 Å². The average molecular weight is 491 g/mol. The standard InChI is InChI=1S/C23H23ClN2O6S/c1-30-20-10-15(11-21(31-2)22(20)32-3)14-25-23(27)16-6-4-9-19(12-16)33(28,29)26-18-8-5-7-17(24)13-18/h4-13,26H,14H2,1-3H3,(H,25,27). The zero-order valence-corrected chi connectivity index (χ0v) is 19.8. The van der Waals surface area contributed by atoms with Gasteiger partial charge in [-0.15, -0.1) is 0 Å². The second kappa shape index (κ2) is 10.5. The Morgan fingerprint density at radius 1 is 0.909 bits per heavy atom. The largest absolute Gasteiger partial charge is 0.493 e. The van der Waals surface area contributed by atoms with Crippen LogP contribution in [0.4, 0.5) is 5.69 Å². The summed E-state index contributed by atoms with van der Waals surface area (Å²) in [6, 6.07) is 15.5. The van der Waals surface area contributed by atoms with Gasteiger partial charge >= 0.3 is 0 Å². The van der Waals surface area contributed by atoms with E-state index >= 15 is 0 Å². The highest BCUT2D eigenvalue weighted by molar-refractivity contribution is 7.92. The fourth-order valence-electron chi connectivity index (χ4n) is 3.09. The molecule has 0 aliphatic carbocycles. The number of hydrogen-bond donors (Lipinski definition) is 2. The average Bonchev–Trinajstić information content (AvgIpc) is 2.81. The van der Waals surface area contributed by atoms with Crippen LogP contribution < -0.4 is 24.2 Å². The third kappa shape index (κ3) is 5.88. The number of carbonyl (C=O) groups is 1. The summed E-state index contributed by atoms with van der Waals surface area (Å²) in [4.78, 5) is 12.6. The topological polar surface area (TPSA) is 103 Å². The van der Waals surface area contributed by atoms with E-state index in [2.05, 4.69) is 10.0 Å². The van der Waals surface area contributed by atoms with E-state index in [9.17, 15) is 13.2 Å². The van der Waals surface area contributed by atoms with Crippen LogP contribution in [-0.2, 0) is 16.6 Å². The zero-order chi connectivity index (χ0) is 24.0. The monoisotopic (exact) mass is 490 g/mol. The summed E-state index contributed by atoms with van der Waals surface area (Å²) in [6.45, 7) is 0.160. The van der Waals surface area contributed by atoms with Gasteiger partial charge in [-0.25, -0.2) is 8.42 Å². The molecular formula is C23H23ClN2O6S. The maximum atomic E-state index is 12.7. The lowest BCUT2D eigenvalue weighted by Gasteiger charge is -2.14. The first-order valence-corrected chi connectivity index (χ1v) is 11.6. The van der Waals surface area contributed by atoms with E-state index in [0.717, 1.165) is 0 Å². The molecule has 0 aromatic heterocycles. The molecule has 8 nitrogen and oxygen atoms in total. The van der Waals surface area contributed by atoms with Crippen molar-refractivity contribution in [2.75, 3.05) is 26.1 Å². The molecule has 0 bridgehead atoms. The molecule has 3 rings (SSSR count). The maximum Gasteiger partial charge on any atom is 0.261 e. The molecule has 1 amide bonds. The molecule has 0 aliphatic rings. The molecule has 0 radical (unpaired) electrons. The second-order valence-electron chi connectivity index (χ2n) is 6.86. The first-order valence-electron chi connectivity index (χ1n) is 9.73. The minimum absolute atomic E-state index is 0.0529. The Morgan fingerprint density at radius 2 is 1.58 bits per heavy atom. The summed E-state index contributed by atoms with van der Waals surface area (Å²) < 4.78 is 43.9. The summed E-state index contributed by atoms with van der Waals surface area (Å²) >= 11 is 5.92. The van der Waals surface area contributed by atoms with Crippen LogP contribution in [0.1, 0.15) is 15.9 Å². The second-order valence-corrected chi connectivity index (χ2v) is 8.98. The van der Waals surface area contributed by atoms with Gasteiger partial charge < -0.3 is 19.5 Å². The van der Waals surface area contributed by atoms with Gasteiger partial charge in [0.05, 0.1) is 31.9 Å². The van der Waals surface area contributed by atoms with Crippen LogP contribution in [-0.4, -0.2) is 35.7 Å². The van der Waals surface area contributed by atoms with Crippen LogP contribution in [0, 0.1) is 0 Å². The fourth-order valence-corrected chi connectivity index (χ4v) is 4.38. The normalized spacial score (nSPS) is 10.9. The molecule has 0 fully saturated rings. The third-order valence-electron chi connectivity index (χ3n) is 4.66. The maximum absolute atomic E-state index is 12.7. The van der Waals surface area contributed by atoms with Crippen LogP contribution in [0.5, 0.6) is 17.2 Å². The van der Waals surface area contributed by atoms with Crippen molar-refractivity contribution >= 4 is 33.2 Å². The van der Waals surface area contributed by atoms with Crippen molar-refractivity contribution in [2.24, 2.45) is 0 Å². The first-order chi connectivity index (χ1) is 15.8. The minimum Gasteiger partial charge on any atom is -0.493 e. The van der Waals surface area contributed by atoms with Gasteiger partial charge in [0.15, 0.2) is 11.5 Å². The molecule has 0 heterocycles. The molecule has 0 saturated carbocycles. The number of sulfonamides is 1. The van der Waals surface area contributed by atoms with Crippen LogP contribution in [0.25, 0.3) is 0 Å². The number of carbonyl (C=O) groups excluding carboxylic acids is 1. The number of methoxy groups -OCH3 is 3. The number of amides is 1. The Bertz CT molecular complexity index is 1240.